The highest BCUT2D eigenvalue weighted by atomic mass is 15.2. The molecular formula is C21H15N9. The second-order valence-corrected chi connectivity index (χ2v) is 6.97. The Morgan fingerprint density at radius 1 is 0.933 bits per heavy atom. The van der Waals surface area contributed by atoms with Crippen LogP contribution in [-0.4, -0.2) is 44.7 Å². The number of hydrogen-bond acceptors (Lipinski definition) is 6. The minimum absolute atomic E-state index is 0.620. The van der Waals surface area contributed by atoms with Gasteiger partial charge < -0.3 is 9.55 Å². The molecule has 0 aromatic carbocycles. The molecule has 0 aliphatic heterocycles. The number of aryl methyl sites for hydroxylation is 1. The third-order valence-corrected chi connectivity index (χ3v) is 5.02. The summed E-state index contributed by atoms with van der Waals surface area (Å²) in [7, 11) is 0. The van der Waals surface area contributed by atoms with Gasteiger partial charge in [-0.2, -0.15) is 5.10 Å². The molecule has 0 radical (unpaired) electrons. The lowest BCUT2D eigenvalue weighted by Gasteiger charge is -2.02. The number of aromatic nitrogens is 9. The summed E-state index contributed by atoms with van der Waals surface area (Å²) in [5.41, 5.74) is 6.72. The van der Waals surface area contributed by atoms with Gasteiger partial charge >= 0.3 is 0 Å². The number of fused-ring (bicyclic) bond motifs is 2. The fourth-order valence-electron chi connectivity index (χ4n) is 3.57. The predicted octanol–water partition coefficient (Wildman–Crippen LogP) is 3.45. The van der Waals surface area contributed by atoms with Crippen molar-refractivity contribution in [2.45, 2.75) is 6.92 Å². The van der Waals surface area contributed by atoms with E-state index in [2.05, 4.69) is 41.2 Å². The molecule has 6 aromatic heterocycles. The molecule has 2 N–H and O–H groups in total. The predicted molar refractivity (Wildman–Crippen MR) is 112 cm³/mol. The van der Waals surface area contributed by atoms with Crippen LogP contribution in [0.1, 0.15) is 5.69 Å². The molecule has 0 saturated carbocycles. The minimum Gasteiger partial charge on any atom is -0.334 e. The lowest BCUT2D eigenvalue weighted by Crippen LogP contribution is -1.92. The molecule has 0 atom stereocenters. The third-order valence-electron chi connectivity index (χ3n) is 5.02. The summed E-state index contributed by atoms with van der Waals surface area (Å²) < 4.78 is 1.95. The Kier molecular flexibility index (Phi) is 3.48. The fourth-order valence-corrected chi connectivity index (χ4v) is 3.57. The van der Waals surface area contributed by atoms with Gasteiger partial charge in [-0.25, -0.2) is 19.9 Å². The van der Waals surface area contributed by atoms with Gasteiger partial charge in [0, 0.05) is 36.5 Å². The zero-order valence-corrected chi connectivity index (χ0v) is 15.9. The molecule has 0 bridgehead atoms. The number of pyridine rings is 3. The highest BCUT2D eigenvalue weighted by Crippen LogP contribution is 2.29. The van der Waals surface area contributed by atoms with Crippen molar-refractivity contribution in [2.75, 3.05) is 0 Å². The van der Waals surface area contributed by atoms with Crippen LogP contribution in [0.15, 0.2) is 61.6 Å². The lowest BCUT2D eigenvalue weighted by molar-refractivity contribution is 1.06. The van der Waals surface area contributed by atoms with Gasteiger partial charge in [-0.3, -0.25) is 10.1 Å². The maximum atomic E-state index is 4.69. The number of hydrogen-bond donors (Lipinski definition) is 2. The van der Waals surface area contributed by atoms with E-state index in [1.165, 1.54) is 0 Å². The van der Waals surface area contributed by atoms with E-state index >= 15 is 0 Å². The lowest BCUT2D eigenvalue weighted by atomic mass is 10.1. The summed E-state index contributed by atoms with van der Waals surface area (Å²) in [6, 6.07) is 7.89. The standard InChI is InChI=1S/C21H15N9/c1-12-10-30(11-25-12)16-4-7-23-20-18(16)26-21(27-20)17-15-8-14(9-24-19(15)29-28-17)13-2-5-22-6-3-13/h2-11H,1H3,(H,23,26,27)(H,24,28,29). The maximum absolute atomic E-state index is 4.69. The van der Waals surface area contributed by atoms with Crippen LogP contribution in [0.5, 0.6) is 0 Å². The molecule has 0 saturated heterocycles. The highest BCUT2D eigenvalue weighted by Gasteiger charge is 2.16. The summed E-state index contributed by atoms with van der Waals surface area (Å²) >= 11 is 0. The average molecular weight is 393 g/mol. The topological polar surface area (TPSA) is 114 Å². The number of imidazole rings is 2. The van der Waals surface area contributed by atoms with Crippen LogP contribution in [0, 0.1) is 6.92 Å². The van der Waals surface area contributed by atoms with E-state index in [1.807, 2.05) is 42.1 Å². The van der Waals surface area contributed by atoms with Gasteiger partial charge in [0.05, 0.1) is 23.1 Å². The van der Waals surface area contributed by atoms with Crippen LogP contribution in [0.4, 0.5) is 0 Å². The second-order valence-electron chi connectivity index (χ2n) is 6.97. The van der Waals surface area contributed by atoms with Gasteiger partial charge in [-0.1, -0.05) is 0 Å². The number of nitrogens with zero attached hydrogens (tertiary/aromatic N) is 7. The largest absolute Gasteiger partial charge is 0.334 e. The normalized spacial score (nSPS) is 11.5. The Morgan fingerprint density at radius 3 is 2.67 bits per heavy atom. The molecule has 0 amide bonds. The number of aromatic amines is 2. The van der Waals surface area contributed by atoms with Crippen molar-refractivity contribution in [3.8, 4) is 28.3 Å². The van der Waals surface area contributed by atoms with Crippen molar-refractivity contribution in [1.29, 1.82) is 0 Å². The zero-order valence-electron chi connectivity index (χ0n) is 15.9. The van der Waals surface area contributed by atoms with Crippen LogP contribution < -0.4 is 0 Å². The first-order chi connectivity index (χ1) is 14.8. The highest BCUT2D eigenvalue weighted by molar-refractivity contribution is 5.94. The molecule has 30 heavy (non-hydrogen) atoms. The molecule has 6 rings (SSSR count). The van der Waals surface area contributed by atoms with Crippen molar-refractivity contribution < 1.29 is 0 Å². The van der Waals surface area contributed by atoms with Crippen molar-refractivity contribution in [1.82, 2.24) is 44.7 Å². The van der Waals surface area contributed by atoms with Crippen LogP contribution >= 0.6 is 0 Å². The molecule has 144 valence electrons. The first kappa shape index (κ1) is 16.5. The van der Waals surface area contributed by atoms with Gasteiger partial charge in [0.15, 0.2) is 17.1 Å². The van der Waals surface area contributed by atoms with Gasteiger partial charge in [0.25, 0.3) is 0 Å². The van der Waals surface area contributed by atoms with Crippen molar-refractivity contribution in [2.24, 2.45) is 0 Å². The van der Waals surface area contributed by atoms with Crippen LogP contribution in [0.2, 0.25) is 0 Å². The smallest absolute Gasteiger partial charge is 0.181 e. The van der Waals surface area contributed by atoms with Gasteiger partial charge in [0.1, 0.15) is 11.2 Å². The molecule has 0 unspecified atom stereocenters. The van der Waals surface area contributed by atoms with E-state index in [0.29, 0.717) is 17.1 Å². The first-order valence-electron chi connectivity index (χ1n) is 9.37. The summed E-state index contributed by atoms with van der Waals surface area (Å²) in [6.07, 6.45) is 10.8. The molecule has 0 spiro atoms. The Balaban J connectivity index is 1.52. The Morgan fingerprint density at radius 2 is 1.83 bits per heavy atom. The molecule has 9 nitrogen and oxygen atoms in total. The first-order valence-corrected chi connectivity index (χ1v) is 9.37. The maximum Gasteiger partial charge on any atom is 0.181 e. The van der Waals surface area contributed by atoms with E-state index in [-0.39, 0.29) is 0 Å². The molecular weight excluding hydrogens is 378 g/mol. The third kappa shape index (κ3) is 2.56. The number of rotatable bonds is 3. The number of H-pyrrole nitrogens is 2. The van der Waals surface area contributed by atoms with Crippen LogP contribution in [0.25, 0.3) is 50.5 Å². The number of nitrogens with one attached hydrogen (secondary N) is 2. The monoisotopic (exact) mass is 393 g/mol. The fraction of sp³-hybridized carbons (Fsp3) is 0.0476. The van der Waals surface area contributed by atoms with Crippen molar-refractivity contribution in [3.63, 3.8) is 0 Å². The van der Waals surface area contributed by atoms with E-state index in [0.717, 1.165) is 39.1 Å². The summed E-state index contributed by atoms with van der Waals surface area (Å²) in [5.74, 6) is 0.651. The van der Waals surface area contributed by atoms with Gasteiger partial charge in [0.2, 0.25) is 0 Å². The van der Waals surface area contributed by atoms with E-state index in [9.17, 15) is 0 Å². The Hall–Kier alpha value is -4.40. The SMILES string of the molecule is Cc1cn(-c2ccnc3nc(-c4[nH]nc5ncc(-c6ccncc6)cc45)[nH]c23)cn1. The summed E-state index contributed by atoms with van der Waals surface area (Å²) in [5, 5.41) is 8.29. The second kappa shape index (κ2) is 6.31. The summed E-state index contributed by atoms with van der Waals surface area (Å²) in [4.78, 5) is 25.4. The van der Waals surface area contributed by atoms with E-state index in [1.54, 1.807) is 24.9 Å². The van der Waals surface area contributed by atoms with Crippen molar-refractivity contribution >= 4 is 22.2 Å². The van der Waals surface area contributed by atoms with Gasteiger partial charge in [-0.15, -0.1) is 0 Å². The van der Waals surface area contributed by atoms with Crippen molar-refractivity contribution in [3.05, 3.63) is 67.3 Å². The van der Waals surface area contributed by atoms with E-state index < -0.39 is 0 Å². The molecule has 6 heterocycles. The molecule has 9 heteroatoms. The zero-order chi connectivity index (χ0) is 20.1. The quantitative estimate of drug-likeness (QED) is 0.476. The molecule has 0 aliphatic carbocycles. The van der Waals surface area contributed by atoms with Crippen LogP contribution in [-0.2, 0) is 0 Å². The molecule has 0 fully saturated rings. The van der Waals surface area contributed by atoms with E-state index in [4.69, 9.17) is 4.98 Å². The molecule has 0 aliphatic rings. The average Bonchev–Trinajstić information content (AvgIpc) is 3.51. The summed E-state index contributed by atoms with van der Waals surface area (Å²) in [6.45, 7) is 1.96. The minimum atomic E-state index is 0.620. The Bertz CT molecular complexity index is 1510. The van der Waals surface area contributed by atoms with Crippen LogP contribution in [0.3, 0.4) is 0 Å². The molecule has 6 aromatic rings. The van der Waals surface area contributed by atoms with Gasteiger partial charge in [-0.05, 0) is 36.8 Å². The Labute approximate surface area is 169 Å².